The van der Waals surface area contributed by atoms with E-state index in [1.54, 1.807) is 12.1 Å². The van der Waals surface area contributed by atoms with Gasteiger partial charge in [-0.3, -0.25) is 9.59 Å². The van der Waals surface area contributed by atoms with Gasteiger partial charge in [0.05, 0.1) is 24.0 Å². The van der Waals surface area contributed by atoms with Crippen LogP contribution in [0.3, 0.4) is 0 Å². The quantitative estimate of drug-likeness (QED) is 0.469. The number of anilines is 1. The first-order valence-corrected chi connectivity index (χ1v) is 12.4. The second-order valence-electron chi connectivity index (χ2n) is 9.98. The number of pyridine rings is 1. The molecule has 2 atom stereocenters. The number of para-hydroxylation sites is 1. The van der Waals surface area contributed by atoms with E-state index >= 15 is 4.39 Å². The van der Waals surface area contributed by atoms with Crippen LogP contribution in [0.15, 0.2) is 48.5 Å². The Kier molecular flexibility index (Phi) is 6.72. The van der Waals surface area contributed by atoms with E-state index in [0.717, 1.165) is 48.5 Å². The number of amides is 1. The lowest BCUT2D eigenvalue weighted by molar-refractivity contribution is -0.148. The van der Waals surface area contributed by atoms with Crippen LogP contribution in [0.25, 0.3) is 10.9 Å². The molecule has 1 amide bonds. The van der Waals surface area contributed by atoms with Crippen LogP contribution in [0, 0.1) is 17.2 Å². The van der Waals surface area contributed by atoms with E-state index in [4.69, 9.17) is 20.2 Å². The summed E-state index contributed by atoms with van der Waals surface area (Å²) in [6.45, 7) is 3.89. The molecular weight excluding hydrogens is 475 g/mol. The Morgan fingerprint density at radius 3 is 2.57 bits per heavy atom. The van der Waals surface area contributed by atoms with Gasteiger partial charge in [-0.15, -0.1) is 0 Å². The van der Waals surface area contributed by atoms with Crippen LogP contribution in [-0.2, 0) is 27.4 Å². The summed E-state index contributed by atoms with van der Waals surface area (Å²) in [5.74, 6) is -1.19. The van der Waals surface area contributed by atoms with Crippen molar-refractivity contribution >= 4 is 28.6 Å². The molecule has 5 rings (SSSR count). The predicted octanol–water partition coefficient (Wildman–Crippen LogP) is 2.91. The maximum Gasteiger partial charge on any atom is 0.312 e. The minimum absolute atomic E-state index is 0.111. The molecule has 8 nitrogen and oxygen atoms in total. The first-order chi connectivity index (χ1) is 17.8. The Morgan fingerprint density at radius 1 is 1.14 bits per heavy atom. The predicted molar refractivity (Wildman–Crippen MR) is 138 cm³/mol. The van der Waals surface area contributed by atoms with Crippen molar-refractivity contribution in [3.63, 3.8) is 0 Å². The van der Waals surface area contributed by atoms with Crippen molar-refractivity contribution in [3.8, 4) is 5.75 Å². The van der Waals surface area contributed by atoms with Crippen molar-refractivity contribution in [3.05, 3.63) is 65.5 Å². The summed E-state index contributed by atoms with van der Waals surface area (Å²) in [4.78, 5) is 33.4. The summed E-state index contributed by atoms with van der Waals surface area (Å²) in [5.41, 5.74) is 6.77. The molecule has 2 fully saturated rings. The molecule has 2 heterocycles. The summed E-state index contributed by atoms with van der Waals surface area (Å²) in [6.07, 6.45) is 0.480. The fourth-order valence-corrected chi connectivity index (χ4v) is 5.21. The molecule has 1 aliphatic heterocycles. The summed E-state index contributed by atoms with van der Waals surface area (Å²) >= 11 is 0. The van der Waals surface area contributed by atoms with Gasteiger partial charge in [-0.05, 0) is 49.7 Å². The van der Waals surface area contributed by atoms with Gasteiger partial charge in [0.1, 0.15) is 12.4 Å². The number of ether oxygens (including phenoxy) is 2. The Balaban J connectivity index is 1.34. The first kappa shape index (κ1) is 25.0. The van der Waals surface area contributed by atoms with Crippen molar-refractivity contribution < 1.29 is 23.5 Å². The number of hydrogen-bond donors (Lipinski definition) is 1. The van der Waals surface area contributed by atoms with Crippen LogP contribution in [0.5, 0.6) is 5.75 Å². The van der Waals surface area contributed by atoms with Gasteiger partial charge in [0, 0.05) is 37.1 Å². The van der Waals surface area contributed by atoms with Crippen LogP contribution in [-0.4, -0.2) is 62.1 Å². The first-order valence-electron chi connectivity index (χ1n) is 12.4. The maximum atomic E-state index is 15.0. The lowest BCUT2D eigenvalue weighted by atomic mass is 9.93. The number of esters is 1. The minimum Gasteiger partial charge on any atom is -0.486 e. The number of hydrogen-bond acceptors (Lipinski definition) is 7. The van der Waals surface area contributed by atoms with Gasteiger partial charge in [-0.1, -0.05) is 24.3 Å². The number of nitrogens with zero attached hydrogens (tertiary/aromatic N) is 3. The number of carbonyl (C=O) groups is 2. The molecule has 0 unspecified atom stereocenters. The number of piperazine rings is 1. The van der Waals surface area contributed by atoms with E-state index in [-0.39, 0.29) is 18.8 Å². The molecule has 194 valence electrons. The zero-order chi connectivity index (χ0) is 26.2. The molecule has 2 N–H and O–H groups in total. The summed E-state index contributed by atoms with van der Waals surface area (Å²) in [6, 6.07) is 14.5. The smallest absolute Gasteiger partial charge is 0.312 e. The fourth-order valence-electron chi connectivity index (χ4n) is 5.21. The van der Waals surface area contributed by atoms with E-state index < -0.39 is 29.0 Å². The second-order valence-corrected chi connectivity index (χ2v) is 9.98. The number of fused-ring (bicyclic) bond motifs is 1. The lowest BCUT2D eigenvalue weighted by Gasteiger charge is -2.33. The van der Waals surface area contributed by atoms with E-state index in [1.807, 2.05) is 30.3 Å². The van der Waals surface area contributed by atoms with Crippen molar-refractivity contribution in [1.29, 1.82) is 0 Å². The molecule has 0 radical (unpaired) electrons. The minimum atomic E-state index is -1.02. The molecule has 1 aliphatic carbocycles. The standard InChI is InChI=1S/C28H31FN4O4/c1-32-9-11-33(12-10-32)25-14-19(20-5-3-4-6-23(20)31-25)17-37-24-8-7-18(13-22(24)29)15-28(27(35)36-2)16-21(28)26(30)34/h3-8,13-14,21H,9-12,15-17H2,1-2H3,(H2,30,34)/t21-,28+/m1/s1. The molecule has 1 saturated heterocycles. The monoisotopic (exact) mass is 506 g/mol. The van der Waals surface area contributed by atoms with Crippen LogP contribution < -0.4 is 15.4 Å². The third-order valence-electron chi connectivity index (χ3n) is 7.53. The molecule has 2 aliphatic rings. The van der Waals surface area contributed by atoms with Gasteiger partial charge in [-0.25, -0.2) is 9.37 Å². The zero-order valence-corrected chi connectivity index (χ0v) is 21.1. The number of aromatic nitrogens is 1. The van der Waals surface area contributed by atoms with Gasteiger partial charge in [0.15, 0.2) is 11.6 Å². The average Bonchev–Trinajstić information content (AvgIpc) is 3.63. The number of benzene rings is 2. The molecule has 0 bridgehead atoms. The molecule has 1 aromatic heterocycles. The highest BCUT2D eigenvalue weighted by Gasteiger charge is 2.63. The zero-order valence-electron chi connectivity index (χ0n) is 21.1. The number of nitrogens with two attached hydrogens (primary N) is 1. The lowest BCUT2D eigenvalue weighted by Crippen LogP contribution is -2.44. The SMILES string of the molecule is COC(=O)[C@@]1(Cc2ccc(OCc3cc(N4CCN(C)CC4)nc4ccccc34)c(F)c2)C[C@@H]1C(N)=O. The van der Waals surface area contributed by atoms with Crippen molar-refractivity contribution in [2.24, 2.45) is 17.1 Å². The van der Waals surface area contributed by atoms with Gasteiger partial charge in [0.25, 0.3) is 0 Å². The average molecular weight is 507 g/mol. The highest BCUT2D eigenvalue weighted by Crippen LogP contribution is 2.55. The number of halogens is 1. The Morgan fingerprint density at radius 2 is 1.89 bits per heavy atom. The highest BCUT2D eigenvalue weighted by molar-refractivity contribution is 5.93. The molecule has 37 heavy (non-hydrogen) atoms. The number of methoxy groups -OCH3 is 1. The van der Waals surface area contributed by atoms with Gasteiger partial charge in [-0.2, -0.15) is 0 Å². The summed E-state index contributed by atoms with van der Waals surface area (Å²) in [7, 11) is 3.39. The molecule has 9 heteroatoms. The van der Waals surface area contributed by atoms with Crippen LogP contribution >= 0.6 is 0 Å². The molecular formula is C28H31FN4O4. The number of primary amides is 1. The van der Waals surface area contributed by atoms with E-state index in [9.17, 15) is 9.59 Å². The fraction of sp³-hybridized carbons (Fsp3) is 0.393. The Hall–Kier alpha value is -3.72. The second kappa shape index (κ2) is 9.97. The Labute approximate surface area is 215 Å². The number of rotatable bonds is 8. The summed E-state index contributed by atoms with van der Waals surface area (Å²) in [5, 5.41) is 0.962. The van der Waals surface area contributed by atoms with Gasteiger partial charge in [0.2, 0.25) is 5.91 Å². The molecule has 1 saturated carbocycles. The number of carbonyl (C=O) groups excluding carboxylic acids is 2. The van der Waals surface area contributed by atoms with E-state index in [1.165, 1.54) is 13.2 Å². The highest BCUT2D eigenvalue weighted by atomic mass is 19.1. The molecule has 0 spiro atoms. The van der Waals surface area contributed by atoms with Gasteiger partial charge < -0.3 is 25.0 Å². The Bertz CT molecular complexity index is 1340. The number of likely N-dealkylation sites (N-methyl/N-ethyl adjacent to an activating group) is 1. The van der Waals surface area contributed by atoms with Crippen LogP contribution in [0.1, 0.15) is 17.5 Å². The van der Waals surface area contributed by atoms with E-state index in [0.29, 0.717) is 12.0 Å². The molecule has 2 aromatic carbocycles. The molecule has 3 aromatic rings. The van der Waals surface area contributed by atoms with E-state index in [2.05, 4.69) is 16.8 Å². The maximum absolute atomic E-state index is 15.0. The normalized spacial score (nSPS) is 21.6. The van der Waals surface area contributed by atoms with Crippen molar-refractivity contribution in [2.45, 2.75) is 19.4 Å². The van der Waals surface area contributed by atoms with Crippen molar-refractivity contribution in [1.82, 2.24) is 9.88 Å². The third-order valence-corrected chi connectivity index (χ3v) is 7.53. The third kappa shape index (κ3) is 4.96. The largest absolute Gasteiger partial charge is 0.486 e. The van der Waals surface area contributed by atoms with Crippen LogP contribution in [0.2, 0.25) is 0 Å². The summed E-state index contributed by atoms with van der Waals surface area (Å²) < 4.78 is 25.9. The van der Waals surface area contributed by atoms with Crippen LogP contribution in [0.4, 0.5) is 10.2 Å². The topological polar surface area (TPSA) is 98.0 Å². The van der Waals surface area contributed by atoms with Crippen molar-refractivity contribution in [2.75, 3.05) is 45.2 Å². The van der Waals surface area contributed by atoms with Gasteiger partial charge >= 0.3 is 5.97 Å².